The molecule has 0 aromatic heterocycles. The standard InChI is InChI=1S/C17H13NO5S3/c1-23-13-8-7-11(10-15(13)26(20,21)22)9-14-16(19)18(17(24)25-14)12-5-3-2-4-6-12/h2-10H,1H3,(H,20,21,22)/b14-9+. The lowest BCUT2D eigenvalue weighted by molar-refractivity contribution is -0.113. The van der Waals surface area contributed by atoms with E-state index < -0.39 is 10.1 Å². The lowest BCUT2D eigenvalue weighted by atomic mass is 10.2. The molecule has 1 fully saturated rings. The fraction of sp³-hybridized carbons (Fsp3) is 0.0588. The van der Waals surface area contributed by atoms with Crippen LogP contribution in [0.15, 0.2) is 58.3 Å². The minimum atomic E-state index is -4.46. The van der Waals surface area contributed by atoms with Crippen LogP contribution in [0.1, 0.15) is 5.56 Å². The van der Waals surface area contributed by atoms with Crippen LogP contribution in [0.3, 0.4) is 0 Å². The summed E-state index contributed by atoms with van der Waals surface area (Å²) in [5.74, 6) is -0.281. The van der Waals surface area contributed by atoms with Crippen LogP contribution >= 0.6 is 24.0 Å². The Labute approximate surface area is 160 Å². The molecule has 0 atom stereocenters. The van der Waals surface area contributed by atoms with Gasteiger partial charge in [0.05, 0.1) is 17.7 Å². The SMILES string of the molecule is COc1ccc(/C=C2/SC(=S)N(c3ccccc3)C2=O)cc1S(=O)(=O)O. The van der Waals surface area contributed by atoms with Crippen molar-refractivity contribution in [2.45, 2.75) is 4.90 Å². The van der Waals surface area contributed by atoms with Gasteiger partial charge in [-0.3, -0.25) is 14.2 Å². The van der Waals surface area contributed by atoms with E-state index in [4.69, 9.17) is 17.0 Å². The van der Waals surface area contributed by atoms with Gasteiger partial charge in [-0.05, 0) is 35.9 Å². The number of amides is 1. The number of thioether (sulfide) groups is 1. The van der Waals surface area contributed by atoms with Gasteiger partial charge in [-0.25, -0.2) is 0 Å². The van der Waals surface area contributed by atoms with Crippen molar-refractivity contribution in [2.24, 2.45) is 0 Å². The molecule has 1 heterocycles. The average molecular weight is 407 g/mol. The lowest BCUT2D eigenvalue weighted by Gasteiger charge is -2.13. The van der Waals surface area contributed by atoms with E-state index >= 15 is 0 Å². The summed E-state index contributed by atoms with van der Waals surface area (Å²) in [6.07, 6.45) is 1.52. The van der Waals surface area contributed by atoms with E-state index in [-0.39, 0.29) is 16.6 Å². The Kier molecular flexibility index (Phi) is 5.15. The summed E-state index contributed by atoms with van der Waals surface area (Å²) in [6, 6.07) is 13.2. The van der Waals surface area contributed by atoms with Crippen LogP contribution in [0, 0.1) is 0 Å². The van der Waals surface area contributed by atoms with Crippen molar-refractivity contribution in [1.82, 2.24) is 0 Å². The van der Waals surface area contributed by atoms with Gasteiger partial charge in [0.1, 0.15) is 10.6 Å². The normalized spacial score (nSPS) is 16.4. The van der Waals surface area contributed by atoms with Crippen molar-refractivity contribution < 1.29 is 22.5 Å². The van der Waals surface area contributed by atoms with Gasteiger partial charge >= 0.3 is 0 Å². The molecule has 3 rings (SSSR count). The summed E-state index contributed by atoms with van der Waals surface area (Å²) >= 11 is 6.41. The van der Waals surface area contributed by atoms with E-state index in [1.165, 1.54) is 30.2 Å². The third-order valence-electron chi connectivity index (χ3n) is 3.57. The quantitative estimate of drug-likeness (QED) is 0.473. The molecule has 2 aromatic carbocycles. The average Bonchev–Trinajstić information content (AvgIpc) is 2.88. The zero-order valence-corrected chi connectivity index (χ0v) is 15.9. The predicted octanol–water partition coefficient (Wildman–Crippen LogP) is 3.35. The second-order valence-corrected chi connectivity index (χ2v) is 8.30. The zero-order chi connectivity index (χ0) is 18.9. The molecule has 0 unspecified atom stereocenters. The van der Waals surface area contributed by atoms with Gasteiger partial charge in [-0.2, -0.15) is 8.42 Å². The number of benzene rings is 2. The largest absolute Gasteiger partial charge is 0.495 e. The Morgan fingerprint density at radius 3 is 2.50 bits per heavy atom. The highest BCUT2D eigenvalue weighted by atomic mass is 32.2. The van der Waals surface area contributed by atoms with E-state index in [9.17, 15) is 17.8 Å². The second kappa shape index (κ2) is 7.20. The van der Waals surface area contributed by atoms with Crippen molar-refractivity contribution in [3.8, 4) is 5.75 Å². The number of hydrogen-bond acceptors (Lipinski definition) is 6. The molecule has 0 radical (unpaired) electrons. The molecule has 0 aliphatic carbocycles. The van der Waals surface area contributed by atoms with Crippen molar-refractivity contribution >= 4 is 56.1 Å². The molecule has 1 aliphatic rings. The molecule has 134 valence electrons. The van der Waals surface area contributed by atoms with Crippen LogP contribution in [-0.2, 0) is 14.9 Å². The summed E-state index contributed by atoms with van der Waals surface area (Å²) in [7, 11) is -3.16. The Bertz CT molecular complexity index is 1020. The van der Waals surface area contributed by atoms with E-state index in [1.807, 2.05) is 6.07 Å². The molecule has 1 aliphatic heterocycles. The highest BCUT2D eigenvalue weighted by Gasteiger charge is 2.33. The van der Waals surface area contributed by atoms with Gasteiger partial charge in [0.25, 0.3) is 16.0 Å². The number of thiocarbonyl (C=S) groups is 1. The van der Waals surface area contributed by atoms with E-state index in [0.717, 1.165) is 11.8 Å². The van der Waals surface area contributed by atoms with E-state index in [0.29, 0.717) is 20.5 Å². The maximum atomic E-state index is 12.7. The smallest absolute Gasteiger partial charge is 0.298 e. The molecule has 6 nitrogen and oxygen atoms in total. The van der Waals surface area contributed by atoms with Crippen molar-refractivity contribution in [3.05, 3.63) is 59.0 Å². The summed E-state index contributed by atoms with van der Waals surface area (Å²) in [4.78, 5) is 14.1. The number of hydrogen-bond donors (Lipinski definition) is 1. The molecule has 0 bridgehead atoms. The van der Waals surface area contributed by atoms with Gasteiger partial charge in [-0.15, -0.1) is 0 Å². The summed E-state index contributed by atoms with van der Waals surface area (Å²) in [5, 5.41) is 0. The first-order chi connectivity index (χ1) is 12.3. The summed E-state index contributed by atoms with van der Waals surface area (Å²) in [5.41, 5.74) is 1.08. The van der Waals surface area contributed by atoms with Crippen molar-refractivity contribution in [3.63, 3.8) is 0 Å². The van der Waals surface area contributed by atoms with Gasteiger partial charge in [0.15, 0.2) is 4.32 Å². The first-order valence-corrected chi connectivity index (χ1v) is 9.96. The molecule has 2 aromatic rings. The number of carbonyl (C=O) groups excluding carboxylic acids is 1. The maximum absolute atomic E-state index is 12.7. The van der Waals surface area contributed by atoms with Crippen molar-refractivity contribution in [1.29, 1.82) is 0 Å². The van der Waals surface area contributed by atoms with Crippen LogP contribution in [0.2, 0.25) is 0 Å². The fourth-order valence-corrected chi connectivity index (χ4v) is 4.39. The Balaban J connectivity index is 1.99. The highest BCUT2D eigenvalue weighted by molar-refractivity contribution is 8.27. The zero-order valence-electron chi connectivity index (χ0n) is 13.4. The van der Waals surface area contributed by atoms with Crippen LogP contribution < -0.4 is 9.64 Å². The lowest BCUT2D eigenvalue weighted by Crippen LogP contribution is -2.27. The van der Waals surface area contributed by atoms with Gasteiger partial charge in [0.2, 0.25) is 0 Å². The number of para-hydroxylation sites is 1. The number of nitrogens with zero attached hydrogens (tertiary/aromatic N) is 1. The number of anilines is 1. The summed E-state index contributed by atoms with van der Waals surface area (Å²) in [6.45, 7) is 0. The van der Waals surface area contributed by atoms with Crippen LogP contribution in [0.25, 0.3) is 6.08 Å². The molecular weight excluding hydrogens is 394 g/mol. The Hall–Kier alpha value is -2.20. The van der Waals surface area contributed by atoms with Gasteiger partial charge in [-0.1, -0.05) is 48.2 Å². The van der Waals surface area contributed by atoms with E-state index in [1.54, 1.807) is 30.3 Å². The fourth-order valence-electron chi connectivity index (χ4n) is 2.40. The summed E-state index contributed by atoms with van der Waals surface area (Å²) < 4.78 is 37.7. The molecule has 26 heavy (non-hydrogen) atoms. The molecule has 1 amide bonds. The molecule has 1 saturated heterocycles. The second-order valence-electron chi connectivity index (χ2n) is 5.24. The van der Waals surface area contributed by atoms with E-state index in [2.05, 4.69) is 0 Å². The minimum absolute atomic E-state index is 0.0153. The van der Waals surface area contributed by atoms with Crippen LogP contribution in [-0.4, -0.2) is 30.3 Å². The molecular formula is C17H13NO5S3. The molecule has 0 spiro atoms. The number of carbonyl (C=O) groups is 1. The van der Waals surface area contributed by atoms with Crippen LogP contribution in [0.5, 0.6) is 5.75 Å². The third kappa shape index (κ3) is 3.65. The number of ether oxygens (including phenoxy) is 1. The molecule has 0 saturated carbocycles. The Morgan fingerprint density at radius 1 is 1.19 bits per heavy atom. The molecule has 1 N–H and O–H groups in total. The van der Waals surface area contributed by atoms with Gasteiger partial charge in [0, 0.05) is 0 Å². The topological polar surface area (TPSA) is 83.9 Å². The Morgan fingerprint density at radius 2 is 1.88 bits per heavy atom. The maximum Gasteiger partial charge on any atom is 0.298 e. The van der Waals surface area contributed by atoms with Crippen molar-refractivity contribution in [2.75, 3.05) is 12.0 Å². The number of methoxy groups -OCH3 is 1. The first kappa shape index (κ1) is 18.6. The third-order valence-corrected chi connectivity index (χ3v) is 5.75. The monoisotopic (exact) mass is 407 g/mol. The minimum Gasteiger partial charge on any atom is -0.495 e. The highest BCUT2D eigenvalue weighted by Crippen LogP contribution is 2.36. The predicted molar refractivity (Wildman–Crippen MR) is 105 cm³/mol. The first-order valence-electron chi connectivity index (χ1n) is 7.30. The molecule has 9 heteroatoms. The van der Waals surface area contributed by atoms with Gasteiger partial charge < -0.3 is 4.74 Å². The number of rotatable bonds is 4. The van der Waals surface area contributed by atoms with Crippen LogP contribution in [0.4, 0.5) is 5.69 Å².